The standard InChI is InChI=1S/C10H11N3S/c1-7(2)6-12-10-13-8-4-3-5-11-9(8)14-10/h3-5H,1,6H2,2H3,(H,12,13). The van der Waals surface area contributed by atoms with Gasteiger partial charge < -0.3 is 5.32 Å². The third-order valence-corrected chi connectivity index (χ3v) is 2.64. The average molecular weight is 205 g/mol. The van der Waals surface area contributed by atoms with Gasteiger partial charge in [-0.1, -0.05) is 23.5 Å². The third kappa shape index (κ3) is 1.90. The number of pyridine rings is 1. The summed E-state index contributed by atoms with van der Waals surface area (Å²) in [6, 6.07) is 3.86. The van der Waals surface area contributed by atoms with Gasteiger partial charge in [0.1, 0.15) is 10.3 Å². The summed E-state index contributed by atoms with van der Waals surface area (Å²) in [7, 11) is 0. The van der Waals surface area contributed by atoms with Crippen LogP contribution in [-0.2, 0) is 0 Å². The van der Waals surface area contributed by atoms with Gasteiger partial charge in [0, 0.05) is 12.7 Å². The first-order valence-electron chi connectivity index (χ1n) is 4.35. The molecule has 0 amide bonds. The Morgan fingerprint density at radius 2 is 2.50 bits per heavy atom. The number of nitrogens with one attached hydrogen (secondary N) is 1. The normalized spacial score (nSPS) is 10.4. The summed E-state index contributed by atoms with van der Waals surface area (Å²) in [5.41, 5.74) is 2.04. The Morgan fingerprint density at radius 3 is 3.21 bits per heavy atom. The molecule has 0 unspecified atom stereocenters. The molecular weight excluding hydrogens is 194 g/mol. The zero-order chi connectivity index (χ0) is 9.97. The molecule has 3 nitrogen and oxygen atoms in total. The average Bonchev–Trinajstić information content (AvgIpc) is 2.57. The molecule has 0 radical (unpaired) electrons. The molecule has 14 heavy (non-hydrogen) atoms. The van der Waals surface area contributed by atoms with Crippen LogP contribution < -0.4 is 5.32 Å². The van der Waals surface area contributed by atoms with Gasteiger partial charge >= 0.3 is 0 Å². The van der Waals surface area contributed by atoms with Gasteiger partial charge in [-0.3, -0.25) is 0 Å². The smallest absolute Gasteiger partial charge is 0.185 e. The molecule has 0 aromatic carbocycles. The Balaban J connectivity index is 2.22. The van der Waals surface area contributed by atoms with Crippen LogP contribution in [0.1, 0.15) is 6.92 Å². The monoisotopic (exact) mass is 205 g/mol. The molecule has 0 aliphatic carbocycles. The number of rotatable bonds is 3. The van der Waals surface area contributed by atoms with E-state index in [1.165, 1.54) is 0 Å². The van der Waals surface area contributed by atoms with Crippen LogP contribution in [0.5, 0.6) is 0 Å². The van der Waals surface area contributed by atoms with Gasteiger partial charge in [-0.15, -0.1) is 0 Å². The zero-order valence-corrected chi connectivity index (χ0v) is 8.77. The molecule has 0 saturated carbocycles. The fourth-order valence-electron chi connectivity index (χ4n) is 1.07. The Labute approximate surface area is 86.5 Å². The molecule has 4 heteroatoms. The maximum absolute atomic E-state index is 4.39. The summed E-state index contributed by atoms with van der Waals surface area (Å²) < 4.78 is 0. The maximum Gasteiger partial charge on any atom is 0.185 e. The highest BCUT2D eigenvalue weighted by Crippen LogP contribution is 2.23. The number of aromatic nitrogens is 2. The van der Waals surface area contributed by atoms with Gasteiger partial charge in [-0.25, -0.2) is 9.97 Å². The number of thiazole rings is 1. The fourth-order valence-corrected chi connectivity index (χ4v) is 1.88. The predicted molar refractivity (Wildman–Crippen MR) is 60.7 cm³/mol. The van der Waals surface area contributed by atoms with Crippen molar-refractivity contribution < 1.29 is 0 Å². The van der Waals surface area contributed by atoms with Crippen molar-refractivity contribution in [1.29, 1.82) is 0 Å². The van der Waals surface area contributed by atoms with Crippen LogP contribution >= 0.6 is 11.3 Å². The molecule has 2 rings (SSSR count). The highest BCUT2D eigenvalue weighted by molar-refractivity contribution is 7.21. The van der Waals surface area contributed by atoms with E-state index in [1.54, 1.807) is 17.5 Å². The van der Waals surface area contributed by atoms with Gasteiger partial charge in [0.05, 0.1) is 0 Å². The van der Waals surface area contributed by atoms with E-state index >= 15 is 0 Å². The Morgan fingerprint density at radius 1 is 1.64 bits per heavy atom. The molecule has 0 fully saturated rings. The lowest BCUT2D eigenvalue weighted by atomic mass is 10.4. The predicted octanol–water partition coefficient (Wildman–Crippen LogP) is 2.68. The number of nitrogens with zero attached hydrogens (tertiary/aromatic N) is 2. The Kier molecular flexibility index (Phi) is 2.45. The molecule has 2 aromatic rings. The first-order chi connectivity index (χ1) is 6.75. The van der Waals surface area contributed by atoms with Crippen molar-refractivity contribution in [1.82, 2.24) is 9.97 Å². The molecule has 72 valence electrons. The van der Waals surface area contributed by atoms with Crippen LogP contribution in [-0.4, -0.2) is 16.5 Å². The molecule has 0 bridgehead atoms. The lowest BCUT2D eigenvalue weighted by Gasteiger charge is -1.98. The SMILES string of the molecule is C=C(C)CNc1nc2cccnc2s1. The van der Waals surface area contributed by atoms with Crippen LogP contribution in [0.4, 0.5) is 5.13 Å². The van der Waals surface area contributed by atoms with Gasteiger partial charge in [-0.05, 0) is 19.1 Å². The van der Waals surface area contributed by atoms with Gasteiger partial charge in [-0.2, -0.15) is 0 Å². The molecule has 0 atom stereocenters. The summed E-state index contributed by atoms with van der Waals surface area (Å²) >= 11 is 1.56. The first kappa shape index (κ1) is 9.15. The summed E-state index contributed by atoms with van der Waals surface area (Å²) in [5.74, 6) is 0. The van der Waals surface area contributed by atoms with Gasteiger partial charge in [0.25, 0.3) is 0 Å². The van der Waals surface area contributed by atoms with E-state index < -0.39 is 0 Å². The van der Waals surface area contributed by atoms with Crippen molar-refractivity contribution in [3.8, 4) is 0 Å². The molecule has 0 spiro atoms. The van der Waals surface area contributed by atoms with E-state index in [9.17, 15) is 0 Å². The molecule has 2 aromatic heterocycles. The lowest BCUT2D eigenvalue weighted by molar-refractivity contribution is 1.20. The highest BCUT2D eigenvalue weighted by atomic mass is 32.1. The minimum Gasteiger partial charge on any atom is -0.358 e. The topological polar surface area (TPSA) is 37.8 Å². The second kappa shape index (κ2) is 3.75. The number of hydrogen-bond acceptors (Lipinski definition) is 4. The first-order valence-corrected chi connectivity index (χ1v) is 5.17. The number of anilines is 1. The van der Waals surface area contributed by atoms with E-state index in [0.717, 1.165) is 27.6 Å². The van der Waals surface area contributed by atoms with Crippen LogP contribution in [0.15, 0.2) is 30.5 Å². The van der Waals surface area contributed by atoms with Crippen LogP contribution in [0.3, 0.4) is 0 Å². The second-order valence-electron chi connectivity index (χ2n) is 3.16. The summed E-state index contributed by atoms with van der Waals surface area (Å²) in [5, 5.41) is 4.11. The van der Waals surface area contributed by atoms with Crippen molar-refractivity contribution in [3.05, 3.63) is 30.5 Å². The van der Waals surface area contributed by atoms with Crippen molar-refractivity contribution in [2.45, 2.75) is 6.92 Å². The number of hydrogen-bond donors (Lipinski definition) is 1. The second-order valence-corrected chi connectivity index (χ2v) is 4.13. The lowest BCUT2D eigenvalue weighted by Crippen LogP contribution is -2.00. The van der Waals surface area contributed by atoms with Crippen molar-refractivity contribution >= 4 is 26.8 Å². The van der Waals surface area contributed by atoms with Crippen LogP contribution in [0.2, 0.25) is 0 Å². The Bertz CT molecular complexity index is 428. The van der Waals surface area contributed by atoms with E-state index in [-0.39, 0.29) is 0 Å². The number of fused-ring (bicyclic) bond motifs is 1. The Hall–Kier alpha value is -1.42. The largest absolute Gasteiger partial charge is 0.358 e. The van der Waals surface area contributed by atoms with Gasteiger partial charge in [0.2, 0.25) is 0 Å². The molecule has 1 N–H and O–H groups in total. The molecule has 0 aliphatic rings. The summed E-state index contributed by atoms with van der Waals surface area (Å²) in [6.45, 7) is 6.57. The molecular formula is C10H11N3S. The summed E-state index contributed by atoms with van der Waals surface area (Å²) in [6.07, 6.45) is 1.78. The molecule has 0 aliphatic heterocycles. The maximum atomic E-state index is 4.39. The summed E-state index contributed by atoms with van der Waals surface area (Å²) in [4.78, 5) is 9.58. The molecule has 0 saturated heterocycles. The third-order valence-electron chi connectivity index (χ3n) is 1.71. The van der Waals surface area contributed by atoms with E-state index in [2.05, 4.69) is 21.9 Å². The van der Waals surface area contributed by atoms with Crippen LogP contribution in [0, 0.1) is 0 Å². The highest BCUT2D eigenvalue weighted by Gasteiger charge is 2.02. The zero-order valence-electron chi connectivity index (χ0n) is 7.95. The minimum absolute atomic E-state index is 0.764. The minimum atomic E-state index is 0.764. The van der Waals surface area contributed by atoms with Gasteiger partial charge in [0.15, 0.2) is 5.13 Å². The fraction of sp³-hybridized carbons (Fsp3) is 0.200. The quantitative estimate of drug-likeness (QED) is 0.783. The van der Waals surface area contributed by atoms with Crippen molar-refractivity contribution in [3.63, 3.8) is 0 Å². The van der Waals surface area contributed by atoms with Crippen LogP contribution in [0.25, 0.3) is 10.3 Å². The molecule has 2 heterocycles. The van der Waals surface area contributed by atoms with E-state index in [1.807, 2.05) is 19.1 Å². The van der Waals surface area contributed by atoms with E-state index in [4.69, 9.17) is 0 Å². The van der Waals surface area contributed by atoms with Crippen molar-refractivity contribution in [2.24, 2.45) is 0 Å². The van der Waals surface area contributed by atoms with E-state index in [0.29, 0.717) is 0 Å². The van der Waals surface area contributed by atoms with Crippen molar-refractivity contribution in [2.75, 3.05) is 11.9 Å².